The number of hydrogen-bond donors (Lipinski definition) is 3. The van der Waals surface area contributed by atoms with Crippen molar-refractivity contribution >= 4 is 56.4 Å². The largest absolute Gasteiger partial charge is 0.399 e. The number of nitrogens with two attached hydrogens (primary N) is 1. The molecular formula is C15H13BrClN3O2. The minimum absolute atomic E-state index is 0.265. The average Bonchev–Trinajstić information content (AvgIpc) is 2.44. The predicted octanol–water partition coefficient (Wildman–Crippen LogP) is 3.57. The molecule has 2 rings (SSSR count). The molecule has 0 aromatic heterocycles. The Balaban J connectivity index is 2.07. The highest BCUT2D eigenvalue weighted by molar-refractivity contribution is 9.10. The number of hydrogen-bond acceptors (Lipinski definition) is 3. The smallest absolute Gasteiger partial charge is 0.314 e. The van der Waals surface area contributed by atoms with Crippen molar-refractivity contribution in [3.05, 3.63) is 51.5 Å². The topological polar surface area (TPSA) is 84.2 Å². The van der Waals surface area contributed by atoms with E-state index in [1.807, 2.05) is 13.0 Å². The summed E-state index contributed by atoms with van der Waals surface area (Å²) in [6.07, 6.45) is 0. The normalized spacial score (nSPS) is 10.1. The van der Waals surface area contributed by atoms with Crippen LogP contribution in [0.2, 0.25) is 5.02 Å². The number of nitrogen functional groups attached to an aromatic ring is 1. The first kappa shape index (κ1) is 16.3. The van der Waals surface area contributed by atoms with Crippen LogP contribution in [0.25, 0.3) is 0 Å². The van der Waals surface area contributed by atoms with Gasteiger partial charge in [-0.3, -0.25) is 9.59 Å². The Morgan fingerprint density at radius 2 is 1.64 bits per heavy atom. The van der Waals surface area contributed by atoms with Crippen molar-refractivity contribution < 1.29 is 9.59 Å². The summed E-state index contributed by atoms with van der Waals surface area (Å²) in [5.74, 6) is -1.59. The first-order valence-electron chi connectivity index (χ1n) is 6.30. The number of aryl methyl sites for hydroxylation is 1. The second-order valence-electron chi connectivity index (χ2n) is 4.61. The lowest BCUT2D eigenvalue weighted by atomic mass is 10.2. The van der Waals surface area contributed by atoms with Crippen LogP contribution in [-0.2, 0) is 9.59 Å². The van der Waals surface area contributed by atoms with E-state index < -0.39 is 11.8 Å². The van der Waals surface area contributed by atoms with Gasteiger partial charge in [-0.05, 0) is 48.9 Å². The summed E-state index contributed by atoms with van der Waals surface area (Å²) in [6, 6.07) is 9.93. The Kier molecular flexibility index (Phi) is 5.05. The van der Waals surface area contributed by atoms with Gasteiger partial charge < -0.3 is 16.4 Å². The van der Waals surface area contributed by atoms with Crippen LogP contribution in [0.15, 0.2) is 40.9 Å². The minimum Gasteiger partial charge on any atom is -0.399 e. The molecule has 0 atom stereocenters. The molecule has 0 heterocycles. The molecule has 0 aliphatic heterocycles. The molecule has 114 valence electrons. The van der Waals surface area contributed by atoms with Crippen LogP contribution in [0, 0.1) is 6.92 Å². The molecule has 2 aromatic carbocycles. The fraction of sp³-hybridized carbons (Fsp3) is 0.0667. The molecule has 0 bridgehead atoms. The fourth-order valence-corrected chi connectivity index (χ4v) is 2.47. The number of halogens is 2. The van der Waals surface area contributed by atoms with E-state index in [1.54, 1.807) is 18.2 Å². The molecule has 2 aromatic rings. The third-order valence-electron chi connectivity index (χ3n) is 2.88. The third kappa shape index (κ3) is 3.99. The molecule has 0 aliphatic carbocycles. The van der Waals surface area contributed by atoms with Crippen molar-refractivity contribution in [2.75, 3.05) is 16.4 Å². The Hall–Kier alpha value is -2.05. The van der Waals surface area contributed by atoms with E-state index in [-0.39, 0.29) is 5.02 Å². The first-order chi connectivity index (χ1) is 10.4. The predicted molar refractivity (Wildman–Crippen MR) is 92.0 cm³/mol. The molecule has 0 unspecified atom stereocenters. The van der Waals surface area contributed by atoms with Crippen LogP contribution < -0.4 is 16.4 Å². The number of rotatable bonds is 2. The molecule has 5 nitrogen and oxygen atoms in total. The van der Waals surface area contributed by atoms with Gasteiger partial charge >= 0.3 is 11.8 Å². The van der Waals surface area contributed by atoms with Crippen molar-refractivity contribution in [3.63, 3.8) is 0 Å². The van der Waals surface area contributed by atoms with Crippen LogP contribution in [0.5, 0.6) is 0 Å². The highest BCUT2D eigenvalue weighted by atomic mass is 79.9. The molecule has 2 amide bonds. The molecule has 0 saturated carbocycles. The van der Waals surface area contributed by atoms with Gasteiger partial charge in [0.05, 0.1) is 10.7 Å². The van der Waals surface area contributed by atoms with Crippen LogP contribution in [0.4, 0.5) is 17.1 Å². The standard InChI is InChI=1S/C15H13BrClN3O2/c1-8-6-9(16)2-4-12(8)19-14(21)15(22)20-13-5-3-10(18)7-11(13)17/h2-7H,18H2,1H3,(H,19,21)(H,20,22). The highest BCUT2D eigenvalue weighted by Gasteiger charge is 2.16. The number of carbonyl (C=O) groups is 2. The van der Waals surface area contributed by atoms with Gasteiger partial charge in [0.25, 0.3) is 0 Å². The number of nitrogens with one attached hydrogen (secondary N) is 2. The van der Waals surface area contributed by atoms with Crippen molar-refractivity contribution in [1.82, 2.24) is 0 Å². The zero-order chi connectivity index (χ0) is 16.3. The molecule has 22 heavy (non-hydrogen) atoms. The SMILES string of the molecule is Cc1cc(Br)ccc1NC(=O)C(=O)Nc1ccc(N)cc1Cl. The van der Waals surface area contributed by atoms with E-state index in [1.165, 1.54) is 12.1 Å². The highest BCUT2D eigenvalue weighted by Crippen LogP contribution is 2.24. The second kappa shape index (κ2) is 6.81. The van der Waals surface area contributed by atoms with E-state index in [9.17, 15) is 9.59 Å². The lowest BCUT2D eigenvalue weighted by Crippen LogP contribution is -2.29. The number of anilines is 3. The van der Waals surface area contributed by atoms with Gasteiger partial charge in [0.15, 0.2) is 0 Å². The molecule has 0 saturated heterocycles. The molecule has 0 fully saturated rings. The molecule has 4 N–H and O–H groups in total. The minimum atomic E-state index is -0.811. The maximum absolute atomic E-state index is 11.9. The van der Waals surface area contributed by atoms with Crippen LogP contribution in [0.1, 0.15) is 5.56 Å². The number of benzene rings is 2. The van der Waals surface area contributed by atoms with Crippen molar-refractivity contribution in [2.45, 2.75) is 6.92 Å². The molecule has 7 heteroatoms. The van der Waals surface area contributed by atoms with Crippen LogP contribution in [-0.4, -0.2) is 11.8 Å². The molecule has 0 aliphatic rings. The van der Waals surface area contributed by atoms with Crippen LogP contribution in [0.3, 0.4) is 0 Å². The van der Waals surface area contributed by atoms with E-state index in [4.69, 9.17) is 17.3 Å². The summed E-state index contributed by atoms with van der Waals surface area (Å²) in [4.78, 5) is 23.8. The average molecular weight is 383 g/mol. The van der Waals surface area contributed by atoms with Gasteiger partial charge in [-0.15, -0.1) is 0 Å². The Morgan fingerprint density at radius 3 is 2.23 bits per heavy atom. The molecule has 0 radical (unpaired) electrons. The van der Waals surface area contributed by atoms with Gasteiger partial charge in [0, 0.05) is 15.8 Å². The first-order valence-corrected chi connectivity index (χ1v) is 7.47. The zero-order valence-corrected chi connectivity index (χ0v) is 14.0. The Morgan fingerprint density at radius 1 is 1.05 bits per heavy atom. The molecule has 0 spiro atoms. The number of carbonyl (C=O) groups excluding carboxylic acids is 2. The Labute approximate surface area is 141 Å². The summed E-state index contributed by atoms with van der Waals surface area (Å²) in [5.41, 5.74) is 7.76. The van der Waals surface area contributed by atoms with Gasteiger partial charge in [-0.2, -0.15) is 0 Å². The summed E-state index contributed by atoms with van der Waals surface area (Å²) in [5, 5.41) is 5.25. The Bertz CT molecular complexity index is 686. The van der Waals surface area contributed by atoms with Crippen molar-refractivity contribution in [3.8, 4) is 0 Å². The van der Waals surface area contributed by atoms with E-state index >= 15 is 0 Å². The summed E-state index contributed by atoms with van der Waals surface area (Å²) in [6.45, 7) is 1.83. The molecular weight excluding hydrogens is 370 g/mol. The monoisotopic (exact) mass is 381 g/mol. The van der Waals surface area contributed by atoms with Crippen LogP contribution >= 0.6 is 27.5 Å². The van der Waals surface area contributed by atoms with E-state index in [2.05, 4.69) is 26.6 Å². The lowest BCUT2D eigenvalue weighted by Gasteiger charge is -2.10. The van der Waals surface area contributed by atoms with Gasteiger partial charge in [0.1, 0.15) is 0 Å². The summed E-state index contributed by atoms with van der Waals surface area (Å²) < 4.78 is 0.890. The quantitative estimate of drug-likeness (QED) is 0.548. The lowest BCUT2D eigenvalue weighted by molar-refractivity contribution is -0.133. The summed E-state index contributed by atoms with van der Waals surface area (Å²) >= 11 is 9.28. The second-order valence-corrected chi connectivity index (χ2v) is 5.93. The van der Waals surface area contributed by atoms with Gasteiger partial charge in [-0.25, -0.2) is 0 Å². The summed E-state index contributed by atoms with van der Waals surface area (Å²) in [7, 11) is 0. The van der Waals surface area contributed by atoms with E-state index in [0.717, 1.165) is 10.0 Å². The maximum Gasteiger partial charge on any atom is 0.314 e. The third-order valence-corrected chi connectivity index (χ3v) is 3.69. The number of amides is 2. The fourth-order valence-electron chi connectivity index (χ4n) is 1.76. The van der Waals surface area contributed by atoms with Crippen molar-refractivity contribution in [1.29, 1.82) is 0 Å². The zero-order valence-electron chi connectivity index (χ0n) is 11.6. The van der Waals surface area contributed by atoms with Gasteiger partial charge in [-0.1, -0.05) is 27.5 Å². The van der Waals surface area contributed by atoms with E-state index in [0.29, 0.717) is 17.1 Å². The van der Waals surface area contributed by atoms with Crippen molar-refractivity contribution in [2.24, 2.45) is 0 Å². The maximum atomic E-state index is 11.9. The van der Waals surface area contributed by atoms with Gasteiger partial charge in [0.2, 0.25) is 0 Å².